The monoisotopic (exact) mass is 274 g/mol. The molecule has 0 aliphatic rings. The summed E-state index contributed by atoms with van der Waals surface area (Å²) in [5, 5.41) is 3.70. The molecule has 0 aromatic heterocycles. The Labute approximate surface area is 111 Å². The molecule has 1 rings (SSSR count). The number of nitrogens with two attached hydrogens (primary N) is 1. The standard InChI is InChI=1S/C12H16Cl2N2O/c1-7(2)11(6-15)16-12(17)9-4-3-8(13)5-10(9)14/h3-5,7,11H,6,15H2,1-2H3,(H,16,17). The van der Waals surface area contributed by atoms with Gasteiger partial charge in [0.05, 0.1) is 10.6 Å². The summed E-state index contributed by atoms with van der Waals surface area (Å²) in [7, 11) is 0. The van der Waals surface area contributed by atoms with E-state index >= 15 is 0 Å². The van der Waals surface area contributed by atoms with Crippen molar-refractivity contribution in [2.75, 3.05) is 6.54 Å². The summed E-state index contributed by atoms with van der Waals surface area (Å²) in [6.45, 7) is 4.40. The van der Waals surface area contributed by atoms with Gasteiger partial charge in [-0.2, -0.15) is 0 Å². The second-order valence-electron chi connectivity index (χ2n) is 4.18. The third-order valence-electron chi connectivity index (χ3n) is 2.55. The first-order chi connectivity index (χ1) is 7.95. The van der Waals surface area contributed by atoms with Crippen molar-refractivity contribution in [3.63, 3.8) is 0 Å². The second-order valence-corrected chi connectivity index (χ2v) is 5.03. The van der Waals surface area contributed by atoms with Gasteiger partial charge in [0.15, 0.2) is 0 Å². The first-order valence-corrected chi connectivity index (χ1v) is 6.17. The van der Waals surface area contributed by atoms with Gasteiger partial charge < -0.3 is 11.1 Å². The van der Waals surface area contributed by atoms with Crippen molar-refractivity contribution in [3.05, 3.63) is 33.8 Å². The summed E-state index contributed by atoms with van der Waals surface area (Å²) in [5.41, 5.74) is 6.01. The summed E-state index contributed by atoms with van der Waals surface area (Å²) < 4.78 is 0. The van der Waals surface area contributed by atoms with Gasteiger partial charge in [-0.05, 0) is 24.1 Å². The van der Waals surface area contributed by atoms with Crippen LogP contribution in [0.15, 0.2) is 18.2 Å². The summed E-state index contributed by atoms with van der Waals surface area (Å²) in [4.78, 5) is 12.0. The predicted molar refractivity (Wildman–Crippen MR) is 71.6 cm³/mol. The number of nitrogens with one attached hydrogen (secondary N) is 1. The van der Waals surface area contributed by atoms with E-state index in [2.05, 4.69) is 5.32 Å². The fourth-order valence-electron chi connectivity index (χ4n) is 1.42. The Bertz CT molecular complexity index is 407. The van der Waals surface area contributed by atoms with Crippen molar-refractivity contribution in [2.45, 2.75) is 19.9 Å². The molecule has 0 bridgehead atoms. The van der Waals surface area contributed by atoms with Crippen LogP contribution in [-0.4, -0.2) is 18.5 Å². The Hall–Kier alpha value is -0.770. The van der Waals surface area contributed by atoms with Crippen LogP contribution < -0.4 is 11.1 Å². The summed E-state index contributed by atoms with van der Waals surface area (Å²) >= 11 is 11.7. The fourth-order valence-corrected chi connectivity index (χ4v) is 1.91. The smallest absolute Gasteiger partial charge is 0.253 e. The highest BCUT2D eigenvalue weighted by Crippen LogP contribution is 2.21. The lowest BCUT2D eigenvalue weighted by Gasteiger charge is -2.20. The van der Waals surface area contributed by atoms with Crippen molar-refractivity contribution in [1.82, 2.24) is 5.32 Å². The van der Waals surface area contributed by atoms with Crippen molar-refractivity contribution in [2.24, 2.45) is 11.7 Å². The van der Waals surface area contributed by atoms with Crippen molar-refractivity contribution < 1.29 is 4.79 Å². The Morgan fingerprint density at radius 1 is 1.41 bits per heavy atom. The molecule has 3 N–H and O–H groups in total. The van der Waals surface area contributed by atoms with E-state index in [4.69, 9.17) is 28.9 Å². The number of carbonyl (C=O) groups excluding carboxylic acids is 1. The third kappa shape index (κ3) is 3.87. The van der Waals surface area contributed by atoms with Crippen LogP contribution in [0, 0.1) is 5.92 Å². The van der Waals surface area contributed by atoms with Crippen LogP contribution in [0.5, 0.6) is 0 Å². The average Bonchev–Trinajstić information content (AvgIpc) is 2.24. The maximum absolute atomic E-state index is 12.0. The van der Waals surface area contributed by atoms with Gasteiger partial charge in [-0.15, -0.1) is 0 Å². The summed E-state index contributed by atoms with van der Waals surface area (Å²) in [5.74, 6) is 0.0471. The van der Waals surface area contributed by atoms with Gasteiger partial charge in [-0.1, -0.05) is 37.0 Å². The number of hydrogen-bond donors (Lipinski definition) is 2. The number of amides is 1. The largest absolute Gasteiger partial charge is 0.348 e. The highest BCUT2D eigenvalue weighted by atomic mass is 35.5. The Balaban J connectivity index is 2.82. The molecule has 5 heteroatoms. The van der Waals surface area contributed by atoms with E-state index in [-0.39, 0.29) is 17.9 Å². The van der Waals surface area contributed by atoms with Gasteiger partial charge in [0, 0.05) is 17.6 Å². The zero-order chi connectivity index (χ0) is 13.0. The molecule has 0 radical (unpaired) electrons. The van der Waals surface area contributed by atoms with Crippen LogP contribution in [0.3, 0.4) is 0 Å². The molecule has 0 aliphatic carbocycles. The quantitative estimate of drug-likeness (QED) is 0.887. The number of hydrogen-bond acceptors (Lipinski definition) is 2. The lowest BCUT2D eigenvalue weighted by molar-refractivity contribution is 0.0928. The molecular weight excluding hydrogens is 259 g/mol. The molecule has 0 fully saturated rings. The predicted octanol–water partition coefficient (Wildman–Crippen LogP) is 2.71. The number of benzene rings is 1. The molecule has 94 valence electrons. The van der Waals surface area contributed by atoms with Gasteiger partial charge in [0.2, 0.25) is 0 Å². The Morgan fingerprint density at radius 3 is 2.53 bits per heavy atom. The summed E-state index contributed by atoms with van der Waals surface area (Å²) in [6, 6.07) is 4.72. The van der Waals surface area contributed by atoms with Gasteiger partial charge in [0.1, 0.15) is 0 Å². The molecule has 0 saturated heterocycles. The van der Waals surface area contributed by atoms with E-state index in [9.17, 15) is 4.79 Å². The van der Waals surface area contributed by atoms with E-state index in [1.165, 1.54) is 0 Å². The van der Waals surface area contributed by atoms with Crippen molar-refractivity contribution in [3.8, 4) is 0 Å². The van der Waals surface area contributed by atoms with Crippen LogP contribution in [0.25, 0.3) is 0 Å². The zero-order valence-electron chi connectivity index (χ0n) is 9.84. The highest BCUT2D eigenvalue weighted by Gasteiger charge is 2.17. The Kier molecular flexibility index (Phi) is 5.25. The van der Waals surface area contributed by atoms with Crippen LogP contribution in [0.2, 0.25) is 10.0 Å². The lowest BCUT2D eigenvalue weighted by Crippen LogP contribution is -2.43. The van der Waals surface area contributed by atoms with Crippen LogP contribution in [0.1, 0.15) is 24.2 Å². The van der Waals surface area contributed by atoms with Gasteiger partial charge in [-0.25, -0.2) is 0 Å². The van der Waals surface area contributed by atoms with Crippen LogP contribution in [-0.2, 0) is 0 Å². The van der Waals surface area contributed by atoms with Crippen LogP contribution >= 0.6 is 23.2 Å². The molecule has 3 nitrogen and oxygen atoms in total. The topological polar surface area (TPSA) is 55.1 Å². The molecule has 1 unspecified atom stereocenters. The molecular formula is C12H16Cl2N2O. The number of carbonyl (C=O) groups is 1. The van der Waals surface area contributed by atoms with E-state index in [1.54, 1.807) is 18.2 Å². The normalized spacial score (nSPS) is 12.6. The Morgan fingerprint density at radius 2 is 2.06 bits per heavy atom. The minimum atomic E-state index is -0.226. The van der Waals surface area contributed by atoms with Crippen molar-refractivity contribution in [1.29, 1.82) is 0 Å². The molecule has 1 aromatic carbocycles. The highest BCUT2D eigenvalue weighted by molar-refractivity contribution is 6.36. The molecule has 1 amide bonds. The molecule has 0 heterocycles. The minimum absolute atomic E-state index is 0.0609. The van der Waals surface area contributed by atoms with E-state index in [0.29, 0.717) is 22.2 Å². The third-order valence-corrected chi connectivity index (χ3v) is 3.10. The van der Waals surface area contributed by atoms with E-state index in [1.807, 2.05) is 13.8 Å². The fraction of sp³-hybridized carbons (Fsp3) is 0.417. The zero-order valence-corrected chi connectivity index (χ0v) is 11.3. The molecule has 0 aliphatic heterocycles. The minimum Gasteiger partial charge on any atom is -0.348 e. The maximum Gasteiger partial charge on any atom is 0.253 e. The summed E-state index contributed by atoms with van der Waals surface area (Å²) in [6.07, 6.45) is 0. The number of halogens is 2. The van der Waals surface area contributed by atoms with Gasteiger partial charge in [-0.3, -0.25) is 4.79 Å². The average molecular weight is 275 g/mol. The van der Waals surface area contributed by atoms with Gasteiger partial charge in [0.25, 0.3) is 5.91 Å². The lowest BCUT2D eigenvalue weighted by atomic mass is 10.0. The first kappa shape index (κ1) is 14.3. The van der Waals surface area contributed by atoms with Gasteiger partial charge >= 0.3 is 0 Å². The number of rotatable bonds is 4. The maximum atomic E-state index is 12.0. The first-order valence-electron chi connectivity index (χ1n) is 5.41. The molecule has 17 heavy (non-hydrogen) atoms. The molecule has 1 atom stereocenters. The molecule has 0 saturated carbocycles. The van der Waals surface area contributed by atoms with Crippen molar-refractivity contribution >= 4 is 29.1 Å². The molecule has 0 spiro atoms. The van der Waals surface area contributed by atoms with Crippen LogP contribution in [0.4, 0.5) is 0 Å². The SMILES string of the molecule is CC(C)C(CN)NC(=O)c1ccc(Cl)cc1Cl. The van der Waals surface area contributed by atoms with E-state index in [0.717, 1.165) is 0 Å². The second kappa shape index (κ2) is 6.24. The van der Waals surface area contributed by atoms with E-state index < -0.39 is 0 Å². The molecule has 1 aromatic rings.